The Kier molecular flexibility index (Phi) is 4.99. The van der Waals surface area contributed by atoms with Crippen LogP contribution in [0.25, 0.3) is 5.82 Å². The molecular formula is C28H25FN6O2. The summed E-state index contributed by atoms with van der Waals surface area (Å²) in [5.74, 6) is 1.38. The van der Waals surface area contributed by atoms with Crippen LogP contribution in [-0.4, -0.2) is 25.8 Å². The molecule has 1 fully saturated rings. The zero-order valence-corrected chi connectivity index (χ0v) is 20.3. The molecule has 1 saturated carbocycles. The molecule has 7 rings (SSSR count). The number of aromatic nitrogens is 4. The van der Waals surface area contributed by atoms with Crippen molar-refractivity contribution in [1.29, 1.82) is 0 Å². The molecule has 37 heavy (non-hydrogen) atoms. The van der Waals surface area contributed by atoms with Crippen LogP contribution in [0.4, 0.5) is 20.6 Å². The van der Waals surface area contributed by atoms with Crippen LogP contribution < -0.4 is 15.0 Å². The van der Waals surface area contributed by atoms with Gasteiger partial charge >= 0.3 is 6.03 Å². The molecule has 9 heteroatoms. The van der Waals surface area contributed by atoms with E-state index in [1.807, 2.05) is 31.3 Å². The number of hydrogen-bond acceptors (Lipinski definition) is 5. The minimum absolute atomic E-state index is 0.210. The average molecular weight is 497 g/mol. The lowest BCUT2D eigenvalue weighted by Gasteiger charge is -2.33. The maximum atomic E-state index is 14.4. The molecule has 1 N–H and O–H groups in total. The molecule has 2 aliphatic heterocycles. The zero-order valence-electron chi connectivity index (χ0n) is 20.3. The number of nitrogens with one attached hydrogen (secondary N) is 1. The van der Waals surface area contributed by atoms with Gasteiger partial charge in [0.25, 0.3) is 0 Å². The number of aryl methyl sites for hydroxylation is 2. The van der Waals surface area contributed by atoms with Gasteiger partial charge in [-0.15, -0.1) is 0 Å². The van der Waals surface area contributed by atoms with E-state index in [0.29, 0.717) is 36.1 Å². The Morgan fingerprint density at radius 3 is 2.78 bits per heavy atom. The van der Waals surface area contributed by atoms with Crippen LogP contribution in [0.2, 0.25) is 0 Å². The van der Waals surface area contributed by atoms with Gasteiger partial charge in [-0.2, -0.15) is 5.10 Å². The molecule has 0 saturated heterocycles. The van der Waals surface area contributed by atoms with Gasteiger partial charge in [0, 0.05) is 42.2 Å². The van der Waals surface area contributed by atoms with E-state index >= 15 is 0 Å². The van der Waals surface area contributed by atoms with Gasteiger partial charge in [-0.3, -0.25) is 9.88 Å². The van der Waals surface area contributed by atoms with Gasteiger partial charge in [-0.25, -0.2) is 18.9 Å². The van der Waals surface area contributed by atoms with Crippen molar-refractivity contribution in [3.05, 3.63) is 88.9 Å². The number of carbonyl (C=O) groups is 1. The maximum absolute atomic E-state index is 14.4. The average Bonchev–Trinajstić information content (AvgIpc) is 3.60. The Hall–Kier alpha value is -4.27. The quantitative estimate of drug-likeness (QED) is 0.397. The fourth-order valence-corrected chi connectivity index (χ4v) is 5.34. The lowest BCUT2D eigenvalue weighted by molar-refractivity contribution is 0.167. The lowest BCUT2D eigenvalue weighted by Crippen LogP contribution is -2.40. The van der Waals surface area contributed by atoms with E-state index in [2.05, 4.69) is 21.5 Å². The van der Waals surface area contributed by atoms with Crippen LogP contribution in [0.1, 0.15) is 59.4 Å². The number of halogens is 1. The van der Waals surface area contributed by atoms with Crippen LogP contribution in [0.3, 0.4) is 0 Å². The van der Waals surface area contributed by atoms with E-state index in [-0.39, 0.29) is 11.8 Å². The molecule has 5 heterocycles. The van der Waals surface area contributed by atoms with Crippen molar-refractivity contribution in [2.45, 2.75) is 51.2 Å². The van der Waals surface area contributed by atoms with Gasteiger partial charge in [0.05, 0.1) is 23.6 Å². The van der Waals surface area contributed by atoms with E-state index < -0.39 is 6.10 Å². The minimum Gasteiger partial charge on any atom is -0.484 e. The summed E-state index contributed by atoms with van der Waals surface area (Å²) < 4.78 is 22.3. The lowest BCUT2D eigenvalue weighted by atomic mass is 9.96. The summed E-state index contributed by atoms with van der Waals surface area (Å²) in [5.41, 5.74) is 5.94. The van der Waals surface area contributed by atoms with Crippen molar-refractivity contribution in [3.63, 3.8) is 0 Å². The van der Waals surface area contributed by atoms with E-state index in [9.17, 15) is 9.18 Å². The highest BCUT2D eigenvalue weighted by Crippen LogP contribution is 2.45. The fraction of sp³-hybridized carbons (Fsp3) is 0.286. The van der Waals surface area contributed by atoms with Crippen LogP contribution >= 0.6 is 0 Å². The number of hydrogen-bond donors (Lipinski definition) is 1. The smallest absolute Gasteiger partial charge is 0.326 e. The first kappa shape index (κ1) is 22.0. The highest BCUT2D eigenvalue weighted by molar-refractivity contribution is 6.05. The van der Waals surface area contributed by atoms with Crippen molar-refractivity contribution < 1.29 is 13.9 Å². The standard InChI is InChI=1S/C28H25FN6O2/c1-16-12-18-7-8-23(27-20(29)4-2-9-30-27)37-24(18)14-22(16)34-15-19-21(32-28(34)36)13-25(35-11-3-10-31-35)33-26(19)17-5-6-17/h2-4,9-14,17,23H,5-8,15H2,1H3,(H,32,36). The van der Waals surface area contributed by atoms with E-state index in [4.69, 9.17) is 9.72 Å². The second kappa shape index (κ2) is 8.40. The molecule has 4 aromatic rings. The topological polar surface area (TPSA) is 85.2 Å². The van der Waals surface area contributed by atoms with Crippen LogP contribution in [0, 0.1) is 12.7 Å². The number of fused-ring (bicyclic) bond motifs is 2. The molecule has 1 aromatic carbocycles. The Morgan fingerprint density at radius 1 is 1.11 bits per heavy atom. The Balaban J connectivity index is 1.24. The third-order valence-electron chi connectivity index (χ3n) is 7.36. The first-order valence-electron chi connectivity index (χ1n) is 12.6. The van der Waals surface area contributed by atoms with Gasteiger partial charge < -0.3 is 10.1 Å². The van der Waals surface area contributed by atoms with Crippen molar-refractivity contribution in [2.24, 2.45) is 0 Å². The van der Waals surface area contributed by atoms with Crippen molar-refractivity contribution in [3.8, 4) is 11.6 Å². The van der Waals surface area contributed by atoms with Gasteiger partial charge in [-0.05, 0) is 61.9 Å². The normalized spacial score (nSPS) is 18.6. The number of nitrogens with zero attached hydrogens (tertiary/aromatic N) is 5. The van der Waals surface area contributed by atoms with E-state index in [1.165, 1.54) is 6.07 Å². The SMILES string of the molecule is Cc1cc2c(cc1N1Cc3c(cc(-n4cccn4)nc3C3CC3)NC1=O)OC(c1ncccc1F)CC2. The molecule has 2 amide bonds. The van der Waals surface area contributed by atoms with Gasteiger partial charge in [0.2, 0.25) is 0 Å². The summed E-state index contributed by atoms with van der Waals surface area (Å²) in [6.07, 6.45) is 8.25. The highest BCUT2D eigenvalue weighted by Gasteiger charge is 2.35. The van der Waals surface area contributed by atoms with Crippen LogP contribution in [0.15, 0.2) is 55.0 Å². The number of pyridine rings is 2. The molecule has 186 valence electrons. The largest absolute Gasteiger partial charge is 0.484 e. The number of anilines is 2. The van der Waals surface area contributed by atoms with Crippen molar-refractivity contribution in [1.82, 2.24) is 19.7 Å². The molecule has 1 aliphatic carbocycles. The molecule has 3 aliphatic rings. The number of benzene rings is 1. The molecule has 1 atom stereocenters. The van der Waals surface area contributed by atoms with Crippen LogP contribution in [0.5, 0.6) is 5.75 Å². The Bertz CT molecular complexity index is 1530. The van der Waals surface area contributed by atoms with E-state index in [1.54, 1.807) is 28.0 Å². The zero-order chi connectivity index (χ0) is 25.1. The number of ether oxygens (including phenoxy) is 1. The van der Waals surface area contributed by atoms with Crippen molar-refractivity contribution in [2.75, 3.05) is 10.2 Å². The predicted molar refractivity (Wildman–Crippen MR) is 136 cm³/mol. The molecular weight excluding hydrogens is 471 g/mol. The summed E-state index contributed by atoms with van der Waals surface area (Å²) in [6, 6.07) is 10.5. The summed E-state index contributed by atoms with van der Waals surface area (Å²) in [6.45, 7) is 2.42. The predicted octanol–water partition coefficient (Wildman–Crippen LogP) is 5.61. The van der Waals surface area contributed by atoms with Crippen LogP contribution in [-0.2, 0) is 13.0 Å². The third-order valence-corrected chi connectivity index (χ3v) is 7.36. The number of urea groups is 1. The first-order valence-corrected chi connectivity index (χ1v) is 12.6. The molecule has 0 bridgehead atoms. The van der Waals surface area contributed by atoms with Gasteiger partial charge in [-0.1, -0.05) is 6.07 Å². The monoisotopic (exact) mass is 496 g/mol. The molecule has 8 nitrogen and oxygen atoms in total. The number of amides is 2. The van der Waals surface area contributed by atoms with Gasteiger partial charge in [0.1, 0.15) is 23.4 Å². The maximum Gasteiger partial charge on any atom is 0.326 e. The Labute approximate surface area is 213 Å². The first-order chi connectivity index (χ1) is 18.0. The fourth-order valence-electron chi connectivity index (χ4n) is 5.34. The second-order valence-corrected chi connectivity index (χ2v) is 9.90. The Morgan fingerprint density at radius 2 is 2.00 bits per heavy atom. The molecule has 1 unspecified atom stereocenters. The third kappa shape index (κ3) is 3.82. The molecule has 0 radical (unpaired) electrons. The minimum atomic E-state index is -0.466. The summed E-state index contributed by atoms with van der Waals surface area (Å²) in [7, 11) is 0. The highest BCUT2D eigenvalue weighted by atomic mass is 19.1. The van der Waals surface area contributed by atoms with E-state index in [0.717, 1.165) is 53.0 Å². The van der Waals surface area contributed by atoms with Gasteiger partial charge in [0.15, 0.2) is 5.82 Å². The molecule has 3 aromatic heterocycles. The number of rotatable bonds is 4. The summed E-state index contributed by atoms with van der Waals surface area (Å²) >= 11 is 0. The number of carbonyl (C=O) groups excluding carboxylic acids is 1. The molecule has 0 spiro atoms. The summed E-state index contributed by atoms with van der Waals surface area (Å²) in [5, 5.41) is 7.40. The second-order valence-electron chi connectivity index (χ2n) is 9.90. The summed E-state index contributed by atoms with van der Waals surface area (Å²) in [4.78, 5) is 24.3. The van der Waals surface area contributed by atoms with Crippen molar-refractivity contribution >= 4 is 17.4 Å².